The van der Waals surface area contributed by atoms with Crippen LogP contribution in [0.3, 0.4) is 0 Å². The molecule has 0 aromatic rings. The first-order chi connectivity index (χ1) is 16.2. The number of hydrogen-bond acceptors (Lipinski definition) is 10. The largest absolute Gasteiger partial charge is 0.479 e. The molecular weight excluding hydrogens is 513 g/mol. The standard InChI is InChI=1S/C24H42O6S4/c1-7-24(8-2,21(26)28-10-4)17-19(34-23(32)30-12-6)14-13-18(33-22(31)29-11-5)15-16-20(25)27-9-3/h18-19H,7-17H2,1-6H3. The maximum atomic E-state index is 12.9. The summed E-state index contributed by atoms with van der Waals surface area (Å²) in [6.07, 6.45) is 4.55. The van der Waals surface area contributed by atoms with Gasteiger partial charge in [-0.25, -0.2) is 0 Å². The molecule has 0 fully saturated rings. The zero-order chi connectivity index (χ0) is 26.0. The van der Waals surface area contributed by atoms with Crippen molar-refractivity contribution < 1.29 is 28.5 Å². The molecule has 2 unspecified atom stereocenters. The molecule has 0 amide bonds. The second-order valence-corrected chi connectivity index (χ2v) is 11.5. The molecule has 0 aromatic heterocycles. The molecule has 0 saturated carbocycles. The predicted octanol–water partition coefficient (Wildman–Crippen LogP) is 6.72. The lowest BCUT2D eigenvalue weighted by Gasteiger charge is -2.33. The summed E-state index contributed by atoms with van der Waals surface area (Å²) in [4.78, 5) is 24.8. The highest BCUT2D eigenvalue weighted by Crippen LogP contribution is 2.40. The average Bonchev–Trinajstić information content (AvgIpc) is 2.79. The Labute approximate surface area is 225 Å². The van der Waals surface area contributed by atoms with Gasteiger partial charge in [0.05, 0.1) is 31.8 Å². The minimum atomic E-state index is -0.566. The fourth-order valence-corrected chi connectivity index (χ4v) is 6.67. The molecule has 0 rings (SSSR count). The molecule has 34 heavy (non-hydrogen) atoms. The summed E-state index contributed by atoms with van der Waals surface area (Å²) < 4.78 is 22.5. The van der Waals surface area contributed by atoms with Crippen LogP contribution in [0, 0.1) is 5.41 Å². The lowest BCUT2D eigenvalue weighted by Crippen LogP contribution is -2.35. The molecule has 2 atom stereocenters. The van der Waals surface area contributed by atoms with Crippen LogP contribution >= 0.6 is 48.0 Å². The van der Waals surface area contributed by atoms with Gasteiger partial charge in [-0.3, -0.25) is 9.59 Å². The Morgan fingerprint density at radius 2 is 1.18 bits per heavy atom. The number of carbonyl (C=O) groups excluding carboxylic acids is 2. The Balaban J connectivity index is 5.54. The van der Waals surface area contributed by atoms with Crippen molar-refractivity contribution in [3.63, 3.8) is 0 Å². The average molecular weight is 555 g/mol. The van der Waals surface area contributed by atoms with E-state index in [9.17, 15) is 9.59 Å². The highest BCUT2D eigenvalue weighted by atomic mass is 32.2. The normalized spacial score (nSPS) is 13.0. The Hall–Kier alpha value is -0.580. The summed E-state index contributed by atoms with van der Waals surface area (Å²) >= 11 is 13.8. The Bertz CT molecular complexity index is 625. The molecule has 6 nitrogen and oxygen atoms in total. The number of rotatable bonds is 17. The number of hydrogen-bond donors (Lipinski definition) is 0. The quantitative estimate of drug-likeness (QED) is 0.143. The number of thioether (sulfide) groups is 2. The number of ether oxygens (including phenoxy) is 4. The van der Waals surface area contributed by atoms with E-state index in [0.29, 0.717) is 67.3 Å². The van der Waals surface area contributed by atoms with Gasteiger partial charge < -0.3 is 18.9 Å². The summed E-state index contributed by atoms with van der Waals surface area (Å²) in [5.74, 6) is -0.365. The Kier molecular flexibility index (Phi) is 19.3. The van der Waals surface area contributed by atoms with Gasteiger partial charge in [0.2, 0.25) is 8.77 Å². The van der Waals surface area contributed by atoms with Gasteiger partial charge in [-0.1, -0.05) is 37.4 Å². The maximum absolute atomic E-state index is 12.9. The van der Waals surface area contributed by atoms with Crippen LogP contribution in [0.1, 0.15) is 86.5 Å². The second kappa shape index (κ2) is 19.6. The Morgan fingerprint density at radius 1 is 0.706 bits per heavy atom. The van der Waals surface area contributed by atoms with E-state index < -0.39 is 5.41 Å². The predicted molar refractivity (Wildman–Crippen MR) is 151 cm³/mol. The van der Waals surface area contributed by atoms with Crippen LogP contribution in [0.2, 0.25) is 0 Å². The fraction of sp³-hybridized carbons (Fsp3) is 0.833. The van der Waals surface area contributed by atoms with Crippen molar-refractivity contribution in [2.75, 3.05) is 26.4 Å². The van der Waals surface area contributed by atoms with E-state index in [1.54, 1.807) is 6.92 Å². The minimum Gasteiger partial charge on any atom is -0.479 e. The summed E-state index contributed by atoms with van der Waals surface area (Å²) in [6, 6.07) is 0. The first-order valence-electron chi connectivity index (χ1n) is 12.2. The van der Waals surface area contributed by atoms with Crippen molar-refractivity contribution in [3.05, 3.63) is 0 Å². The summed E-state index contributed by atoms with van der Waals surface area (Å²) in [5, 5.41) is 0.155. The maximum Gasteiger partial charge on any atom is 0.312 e. The molecule has 0 heterocycles. The molecule has 0 spiro atoms. The van der Waals surface area contributed by atoms with Crippen molar-refractivity contribution in [1.29, 1.82) is 0 Å². The van der Waals surface area contributed by atoms with Gasteiger partial charge in [0.15, 0.2) is 0 Å². The van der Waals surface area contributed by atoms with Crippen molar-refractivity contribution in [2.45, 2.75) is 97.0 Å². The molecular formula is C24H42O6S4. The van der Waals surface area contributed by atoms with Crippen LogP contribution in [0.4, 0.5) is 0 Å². The zero-order valence-electron chi connectivity index (χ0n) is 21.5. The molecule has 198 valence electrons. The van der Waals surface area contributed by atoms with E-state index in [-0.39, 0.29) is 22.4 Å². The molecule has 0 aliphatic rings. The third-order valence-electron chi connectivity index (χ3n) is 5.52. The Morgan fingerprint density at radius 3 is 1.65 bits per heavy atom. The molecule has 10 heteroatoms. The van der Waals surface area contributed by atoms with Crippen LogP contribution in [-0.2, 0) is 28.5 Å². The van der Waals surface area contributed by atoms with Crippen LogP contribution in [0.15, 0.2) is 0 Å². The van der Waals surface area contributed by atoms with Crippen molar-refractivity contribution in [2.24, 2.45) is 5.41 Å². The number of thiocarbonyl (C=S) groups is 2. The highest BCUT2D eigenvalue weighted by molar-refractivity contribution is 8.23. The van der Waals surface area contributed by atoms with Gasteiger partial charge in [-0.15, -0.1) is 0 Å². The van der Waals surface area contributed by atoms with Crippen LogP contribution in [0.25, 0.3) is 0 Å². The van der Waals surface area contributed by atoms with Crippen molar-refractivity contribution in [3.8, 4) is 0 Å². The topological polar surface area (TPSA) is 71.1 Å². The summed E-state index contributed by atoms with van der Waals surface area (Å²) in [7, 11) is 0. The van der Waals surface area contributed by atoms with Crippen LogP contribution in [-0.4, -0.2) is 57.6 Å². The number of carbonyl (C=O) groups is 2. The summed E-state index contributed by atoms with van der Waals surface area (Å²) in [5.41, 5.74) is -0.566. The molecule has 0 aliphatic carbocycles. The third-order valence-corrected chi connectivity index (χ3v) is 8.49. The highest BCUT2D eigenvalue weighted by Gasteiger charge is 2.39. The van der Waals surface area contributed by atoms with Gasteiger partial charge in [0.25, 0.3) is 0 Å². The molecule has 0 N–H and O–H groups in total. The number of esters is 2. The third kappa shape index (κ3) is 13.5. The van der Waals surface area contributed by atoms with Crippen molar-refractivity contribution in [1.82, 2.24) is 0 Å². The summed E-state index contributed by atoms with van der Waals surface area (Å²) in [6.45, 7) is 13.2. The van der Waals surface area contributed by atoms with E-state index in [0.717, 1.165) is 12.8 Å². The van der Waals surface area contributed by atoms with Gasteiger partial charge in [-0.2, -0.15) is 0 Å². The van der Waals surface area contributed by atoms with Crippen LogP contribution < -0.4 is 0 Å². The van der Waals surface area contributed by atoms with Crippen LogP contribution in [0.5, 0.6) is 0 Å². The zero-order valence-corrected chi connectivity index (χ0v) is 24.8. The van der Waals surface area contributed by atoms with Crippen molar-refractivity contribution >= 4 is 68.7 Å². The van der Waals surface area contributed by atoms with Gasteiger partial charge >= 0.3 is 11.9 Å². The molecule has 0 aromatic carbocycles. The van der Waals surface area contributed by atoms with E-state index in [2.05, 4.69) is 0 Å². The molecule has 0 saturated heterocycles. The second-order valence-electron chi connectivity index (χ2n) is 7.68. The molecule has 0 aliphatic heterocycles. The smallest absolute Gasteiger partial charge is 0.312 e. The SMILES string of the molecule is CCOC(=O)CCC(CCC(CC(CC)(CC)C(=O)OCC)SC(=S)OCC)SC(=S)OCC. The fourth-order valence-electron chi connectivity index (χ4n) is 3.56. The first kappa shape index (κ1) is 33.4. The first-order valence-corrected chi connectivity index (χ1v) is 14.8. The van der Waals surface area contributed by atoms with E-state index in [4.69, 9.17) is 43.4 Å². The minimum absolute atomic E-state index is 0.0646. The molecule has 0 radical (unpaired) electrons. The monoisotopic (exact) mass is 554 g/mol. The molecule has 0 bridgehead atoms. The van der Waals surface area contributed by atoms with Gasteiger partial charge in [0, 0.05) is 16.9 Å². The van der Waals surface area contributed by atoms with E-state index in [1.807, 2.05) is 34.6 Å². The van der Waals surface area contributed by atoms with Gasteiger partial charge in [0.1, 0.15) is 0 Å². The van der Waals surface area contributed by atoms with E-state index in [1.165, 1.54) is 23.5 Å². The van der Waals surface area contributed by atoms with E-state index >= 15 is 0 Å². The lowest BCUT2D eigenvalue weighted by atomic mass is 9.77. The lowest BCUT2D eigenvalue weighted by molar-refractivity contribution is -0.156. The van der Waals surface area contributed by atoms with Gasteiger partial charge in [-0.05, 0) is 90.7 Å².